The van der Waals surface area contributed by atoms with E-state index in [0.29, 0.717) is 17.9 Å². The van der Waals surface area contributed by atoms with Gasteiger partial charge in [0, 0.05) is 12.6 Å². The van der Waals surface area contributed by atoms with Crippen molar-refractivity contribution in [1.29, 1.82) is 0 Å². The Bertz CT molecular complexity index is 525. The molecule has 0 aliphatic heterocycles. The van der Waals surface area contributed by atoms with Crippen LogP contribution in [0.2, 0.25) is 0 Å². The van der Waals surface area contributed by atoms with E-state index in [1.54, 1.807) is 12.1 Å². The molecule has 0 bridgehead atoms. The van der Waals surface area contributed by atoms with Crippen LogP contribution in [-0.4, -0.2) is 38.0 Å². The average Bonchev–Trinajstić information content (AvgIpc) is 2.46. The molecule has 4 nitrogen and oxygen atoms in total. The summed E-state index contributed by atoms with van der Waals surface area (Å²) in [5, 5.41) is 11.7. The number of aliphatic hydroxyl groups excluding tert-OH is 1. The second kappa shape index (κ2) is 6.70. The molecular weight excluding hydrogens is 274 g/mol. The standard InChI is InChI=1S/C15H23NO3S/c1-12-6-8-13(9-7-12)20(18,19)15-5-3-2-4-14(15)16-10-11-17/h6-9,14-17H,2-5,10-11H2,1H3/t14-,15-/m1/s1. The van der Waals surface area contributed by atoms with E-state index in [9.17, 15) is 8.42 Å². The molecule has 0 spiro atoms. The van der Waals surface area contributed by atoms with Crippen molar-refractivity contribution in [1.82, 2.24) is 5.32 Å². The van der Waals surface area contributed by atoms with Gasteiger partial charge in [-0.15, -0.1) is 0 Å². The first-order valence-corrected chi connectivity index (χ1v) is 8.75. The molecule has 1 aliphatic carbocycles. The van der Waals surface area contributed by atoms with Gasteiger partial charge in [-0.2, -0.15) is 0 Å². The van der Waals surface area contributed by atoms with Crippen molar-refractivity contribution in [3.05, 3.63) is 29.8 Å². The second-order valence-corrected chi connectivity index (χ2v) is 7.63. The summed E-state index contributed by atoms with van der Waals surface area (Å²) in [6.45, 7) is 2.43. The molecule has 2 N–H and O–H groups in total. The Morgan fingerprint density at radius 2 is 1.85 bits per heavy atom. The first-order chi connectivity index (χ1) is 9.55. The fourth-order valence-corrected chi connectivity index (χ4v) is 4.86. The maximum Gasteiger partial charge on any atom is 0.182 e. The summed E-state index contributed by atoms with van der Waals surface area (Å²) >= 11 is 0. The third-order valence-electron chi connectivity index (χ3n) is 3.97. The normalized spacial score (nSPS) is 23.7. The Morgan fingerprint density at radius 3 is 2.50 bits per heavy atom. The number of aliphatic hydroxyl groups is 1. The van der Waals surface area contributed by atoms with E-state index in [0.717, 1.165) is 24.8 Å². The Morgan fingerprint density at radius 1 is 1.20 bits per heavy atom. The summed E-state index contributed by atoms with van der Waals surface area (Å²) < 4.78 is 25.5. The van der Waals surface area contributed by atoms with Gasteiger partial charge in [0.05, 0.1) is 16.8 Å². The predicted molar refractivity (Wildman–Crippen MR) is 79.5 cm³/mol. The molecule has 0 unspecified atom stereocenters. The van der Waals surface area contributed by atoms with E-state index in [1.165, 1.54) is 0 Å². The maximum atomic E-state index is 12.8. The number of hydrogen-bond acceptors (Lipinski definition) is 4. The lowest BCUT2D eigenvalue weighted by atomic mass is 9.95. The van der Waals surface area contributed by atoms with Gasteiger partial charge in [-0.25, -0.2) is 8.42 Å². The zero-order valence-corrected chi connectivity index (χ0v) is 12.7. The quantitative estimate of drug-likeness (QED) is 0.867. The van der Waals surface area contributed by atoms with Crippen LogP contribution in [0.1, 0.15) is 31.2 Å². The Kier molecular flexibility index (Phi) is 5.18. The molecule has 0 amide bonds. The van der Waals surface area contributed by atoms with Crippen LogP contribution in [0.3, 0.4) is 0 Å². The Balaban J connectivity index is 2.23. The van der Waals surface area contributed by atoms with Crippen LogP contribution in [-0.2, 0) is 9.84 Å². The molecule has 1 saturated carbocycles. The molecule has 1 aromatic carbocycles. The Hall–Kier alpha value is -0.910. The van der Waals surface area contributed by atoms with Crippen molar-refractivity contribution >= 4 is 9.84 Å². The van der Waals surface area contributed by atoms with Gasteiger partial charge in [0.15, 0.2) is 9.84 Å². The first kappa shape index (κ1) is 15.5. The fourth-order valence-electron chi connectivity index (χ4n) is 2.85. The van der Waals surface area contributed by atoms with Crippen LogP contribution >= 0.6 is 0 Å². The smallest absolute Gasteiger partial charge is 0.182 e. The van der Waals surface area contributed by atoms with E-state index in [2.05, 4.69) is 5.32 Å². The summed E-state index contributed by atoms with van der Waals surface area (Å²) in [6.07, 6.45) is 3.55. The monoisotopic (exact) mass is 297 g/mol. The molecule has 2 atom stereocenters. The molecule has 0 saturated heterocycles. The number of sulfone groups is 1. The highest BCUT2D eigenvalue weighted by molar-refractivity contribution is 7.92. The number of rotatable bonds is 5. The molecule has 0 aromatic heterocycles. The summed E-state index contributed by atoms with van der Waals surface area (Å²) in [4.78, 5) is 0.408. The molecule has 1 aliphatic rings. The number of benzene rings is 1. The highest BCUT2D eigenvalue weighted by atomic mass is 32.2. The highest BCUT2D eigenvalue weighted by Crippen LogP contribution is 2.29. The molecule has 0 heterocycles. The van der Waals surface area contributed by atoms with Gasteiger partial charge in [-0.3, -0.25) is 0 Å². The van der Waals surface area contributed by atoms with Crippen LogP contribution < -0.4 is 5.32 Å². The first-order valence-electron chi connectivity index (χ1n) is 7.20. The van der Waals surface area contributed by atoms with Gasteiger partial charge in [0.1, 0.15) is 0 Å². The number of hydrogen-bond donors (Lipinski definition) is 2. The minimum Gasteiger partial charge on any atom is -0.395 e. The van der Waals surface area contributed by atoms with Gasteiger partial charge in [-0.05, 0) is 31.9 Å². The number of nitrogens with one attached hydrogen (secondary N) is 1. The molecule has 2 rings (SSSR count). The van der Waals surface area contributed by atoms with E-state index in [-0.39, 0.29) is 17.9 Å². The second-order valence-electron chi connectivity index (χ2n) is 5.47. The third-order valence-corrected chi connectivity index (χ3v) is 6.26. The Labute approximate surface area is 121 Å². The predicted octanol–water partition coefficient (Wildman–Crippen LogP) is 1.66. The van der Waals surface area contributed by atoms with Crippen molar-refractivity contribution in [3.8, 4) is 0 Å². The van der Waals surface area contributed by atoms with Crippen molar-refractivity contribution in [2.45, 2.75) is 48.8 Å². The van der Waals surface area contributed by atoms with Gasteiger partial charge in [0.25, 0.3) is 0 Å². The fraction of sp³-hybridized carbons (Fsp3) is 0.600. The minimum atomic E-state index is -3.30. The molecule has 20 heavy (non-hydrogen) atoms. The summed E-state index contributed by atoms with van der Waals surface area (Å²) in [7, 11) is -3.30. The van der Waals surface area contributed by atoms with Gasteiger partial charge in [0.2, 0.25) is 0 Å². The minimum absolute atomic E-state index is 0.0355. The zero-order valence-electron chi connectivity index (χ0n) is 11.9. The highest BCUT2D eigenvalue weighted by Gasteiger charge is 2.36. The lowest BCUT2D eigenvalue weighted by molar-refractivity contribution is 0.272. The summed E-state index contributed by atoms with van der Waals surface area (Å²) in [5.74, 6) is 0. The van der Waals surface area contributed by atoms with Crippen molar-refractivity contribution < 1.29 is 13.5 Å². The molecule has 5 heteroatoms. The van der Waals surface area contributed by atoms with Crippen LogP contribution in [0, 0.1) is 6.92 Å². The van der Waals surface area contributed by atoms with Gasteiger partial charge in [-0.1, -0.05) is 30.5 Å². The maximum absolute atomic E-state index is 12.8. The average molecular weight is 297 g/mol. The lowest BCUT2D eigenvalue weighted by Gasteiger charge is -2.32. The molecule has 1 aromatic rings. The van der Waals surface area contributed by atoms with Crippen LogP contribution in [0.4, 0.5) is 0 Å². The van der Waals surface area contributed by atoms with E-state index in [1.807, 2.05) is 19.1 Å². The lowest BCUT2D eigenvalue weighted by Crippen LogP contribution is -2.47. The molecule has 1 fully saturated rings. The third kappa shape index (κ3) is 3.40. The van der Waals surface area contributed by atoms with Crippen LogP contribution in [0.25, 0.3) is 0 Å². The molecule has 0 radical (unpaired) electrons. The largest absolute Gasteiger partial charge is 0.395 e. The zero-order chi connectivity index (χ0) is 14.6. The van der Waals surface area contributed by atoms with Crippen LogP contribution in [0.5, 0.6) is 0 Å². The molecular formula is C15H23NO3S. The van der Waals surface area contributed by atoms with Crippen LogP contribution in [0.15, 0.2) is 29.2 Å². The SMILES string of the molecule is Cc1ccc(S(=O)(=O)[C@@H]2CCCC[C@H]2NCCO)cc1. The van der Waals surface area contributed by atoms with Gasteiger partial charge < -0.3 is 10.4 Å². The number of aryl methyl sites for hydroxylation is 1. The molecule has 112 valence electrons. The summed E-state index contributed by atoms with van der Waals surface area (Å²) in [6, 6.07) is 7.02. The summed E-state index contributed by atoms with van der Waals surface area (Å²) in [5.41, 5.74) is 1.06. The van der Waals surface area contributed by atoms with Crippen molar-refractivity contribution in [2.24, 2.45) is 0 Å². The van der Waals surface area contributed by atoms with E-state index < -0.39 is 9.84 Å². The van der Waals surface area contributed by atoms with Crippen molar-refractivity contribution in [2.75, 3.05) is 13.2 Å². The van der Waals surface area contributed by atoms with E-state index in [4.69, 9.17) is 5.11 Å². The van der Waals surface area contributed by atoms with Crippen molar-refractivity contribution in [3.63, 3.8) is 0 Å². The van der Waals surface area contributed by atoms with E-state index >= 15 is 0 Å². The topological polar surface area (TPSA) is 66.4 Å². The van der Waals surface area contributed by atoms with Gasteiger partial charge >= 0.3 is 0 Å².